The van der Waals surface area contributed by atoms with Gasteiger partial charge in [-0.2, -0.15) is 0 Å². The Kier molecular flexibility index (Phi) is 4.76. The zero-order valence-electron chi connectivity index (χ0n) is 8.17. The van der Waals surface area contributed by atoms with E-state index in [1.807, 2.05) is 0 Å². The van der Waals surface area contributed by atoms with Gasteiger partial charge in [-0.25, -0.2) is 0 Å². The van der Waals surface area contributed by atoms with Crippen LogP contribution in [-0.2, 0) is 4.79 Å². The van der Waals surface area contributed by atoms with Crippen LogP contribution in [0.15, 0.2) is 22.7 Å². The summed E-state index contributed by atoms with van der Waals surface area (Å²) in [7, 11) is 0. The number of carbonyl (C=O) groups excluding carboxylic acids is 1. The third-order valence-corrected chi connectivity index (χ3v) is 2.69. The fraction of sp³-hybridized carbons (Fsp3) is 0.200. The standard InChI is InChI=1S/C10H9BrClNO3/c11-8-5-6(12)1-2-7(8)10(16)13-4-3-9(14)15/h1-2,5H,3-4H2,(H,13,16)(H,14,15). The molecule has 0 saturated carbocycles. The van der Waals surface area contributed by atoms with Crippen molar-refractivity contribution in [3.8, 4) is 0 Å². The Bertz CT molecular complexity index is 423. The molecular weight excluding hydrogens is 297 g/mol. The van der Waals surface area contributed by atoms with Gasteiger partial charge in [-0.1, -0.05) is 11.6 Å². The molecule has 4 nitrogen and oxygen atoms in total. The van der Waals surface area contributed by atoms with Crippen molar-refractivity contribution in [2.45, 2.75) is 6.42 Å². The zero-order chi connectivity index (χ0) is 12.1. The maximum atomic E-state index is 11.6. The maximum absolute atomic E-state index is 11.6. The molecule has 0 atom stereocenters. The third kappa shape index (κ3) is 3.83. The average molecular weight is 307 g/mol. The predicted molar refractivity (Wildman–Crippen MR) is 63.7 cm³/mol. The number of carboxylic acids is 1. The molecular formula is C10H9BrClNO3. The first-order valence-electron chi connectivity index (χ1n) is 4.45. The van der Waals surface area contributed by atoms with Crippen LogP contribution in [0, 0.1) is 0 Å². The number of hydrogen-bond donors (Lipinski definition) is 2. The van der Waals surface area contributed by atoms with Crippen molar-refractivity contribution in [1.82, 2.24) is 5.32 Å². The molecule has 0 aromatic heterocycles. The summed E-state index contributed by atoms with van der Waals surface area (Å²) in [6.45, 7) is 0.100. The van der Waals surface area contributed by atoms with Gasteiger partial charge in [-0.15, -0.1) is 0 Å². The first kappa shape index (κ1) is 13.0. The van der Waals surface area contributed by atoms with Crippen molar-refractivity contribution in [3.05, 3.63) is 33.3 Å². The van der Waals surface area contributed by atoms with Crippen molar-refractivity contribution in [1.29, 1.82) is 0 Å². The topological polar surface area (TPSA) is 66.4 Å². The van der Waals surface area contributed by atoms with E-state index in [9.17, 15) is 9.59 Å². The first-order chi connectivity index (χ1) is 7.50. The molecule has 1 aromatic carbocycles. The van der Waals surface area contributed by atoms with Crippen LogP contribution in [0.1, 0.15) is 16.8 Å². The highest BCUT2D eigenvalue weighted by Crippen LogP contribution is 2.21. The minimum atomic E-state index is -0.949. The van der Waals surface area contributed by atoms with Gasteiger partial charge in [0.15, 0.2) is 0 Å². The number of halogens is 2. The molecule has 0 aliphatic rings. The lowest BCUT2D eigenvalue weighted by Gasteiger charge is -2.05. The minimum absolute atomic E-state index is 0.100. The smallest absolute Gasteiger partial charge is 0.305 e. The lowest BCUT2D eigenvalue weighted by Crippen LogP contribution is -2.26. The second kappa shape index (κ2) is 5.86. The van der Waals surface area contributed by atoms with Crippen molar-refractivity contribution >= 4 is 39.4 Å². The highest BCUT2D eigenvalue weighted by molar-refractivity contribution is 9.10. The van der Waals surface area contributed by atoms with Gasteiger partial charge >= 0.3 is 5.97 Å². The van der Waals surface area contributed by atoms with Crippen LogP contribution in [-0.4, -0.2) is 23.5 Å². The number of rotatable bonds is 4. The van der Waals surface area contributed by atoms with E-state index >= 15 is 0 Å². The van der Waals surface area contributed by atoms with Gasteiger partial charge < -0.3 is 10.4 Å². The van der Waals surface area contributed by atoms with E-state index in [0.717, 1.165) is 0 Å². The van der Waals surface area contributed by atoms with E-state index in [0.29, 0.717) is 15.1 Å². The number of nitrogens with one attached hydrogen (secondary N) is 1. The lowest BCUT2D eigenvalue weighted by molar-refractivity contribution is -0.136. The number of carbonyl (C=O) groups is 2. The Morgan fingerprint density at radius 3 is 2.69 bits per heavy atom. The van der Waals surface area contributed by atoms with Crippen LogP contribution in [0.4, 0.5) is 0 Å². The molecule has 0 bridgehead atoms. The number of aliphatic carboxylic acids is 1. The number of benzene rings is 1. The summed E-state index contributed by atoms with van der Waals surface area (Å²) in [5, 5.41) is 11.4. The van der Waals surface area contributed by atoms with E-state index in [2.05, 4.69) is 21.2 Å². The summed E-state index contributed by atoms with van der Waals surface area (Å²) in [5.74, 6) is -1.28. The van der Waals surface area contributed by atoms with Crippen LogP contribution in [0.5, 0.6) is 0 Å². The van der Waals surface area contributed by atoms with Crippen LogP contribution in [0.3, 0.4) is 0 Å². The number of carboxylic acid groups (broad SMARTS) is 1. The van der Waals surface area contributed by atoms with Gasteiger partial charge in [-0.3, -0.25) is 9.59 Å². The SMILES string of the molecule is O=C(O)CCNC(=O)c1ccc(Cl)cc1Br. The van der Waals surface area contributed by atoms with E-state index in [-0.39, 0.29) is 18.9 Å². The first-order valence-corrected chi connectivity index (χ1v) is 5.63. The molecule has 1 aromatic rings. The Balaban J connectivity index is 2.63. The molecule has 0 saturated heterocycles. The zero-order valence-corrected chi connectivity index (χ0v) is 10.5. The van der Waals surface area contributed by atoms with Crippen molar-refractivity contribution in [3.63, 3.8) is 0 Å². The largest absolute Gasteiger partial charge is 0.481 e. The van der Waals surface area contributed by atoms with Crippen molar-refractivity contribution in [2.24, 2.45) is 0 Å². The summed E-state index contributed by atoms with van der Waals surface area (Å²) in [6, 6.07) is 4.77. The maximum Gasteiger partial charge on any atom is 0.305 e. The van der Waals surface area contributed by atoms with Crippen LogP contribution in [0.2, 0.25) is 5.02 Å². The van der Waals surface area contributed by atoms with Gasteiger partial charge in [0.1, 0.15) is 0 Å². The van der Waals surface area contributed by atoms with E-state index < -0.39 is 5.97 Å². The molecule has 1 rings (SSSR count). The number of amides is 1. The summed E-state index contributed by atoms with van der Waals surface area (Å²) in [5.41, 5.74) is 0.426. The Morgan fingerprint density at radius 1 is 1.44 bits per heavy atom. The molecule has 6 heteroatoms. The fourth-order valence-corrected chi connectivity index (χ4v) is 1.91. The van der Waals surface area contributed by atoms with Crippen LogP contribution < -0.4 is 5.32 Å². The Hall–Kier alpha value is -1.07. The molecule has 2 N–H and O–H groups in total. The summed E-state index contributed by atoms with van der Waals surface area (Å²) in [4.78, 5) is 21.8. The molecule has 0 unspecified atom stereocenters. The van der Waals surface area contributed by atoms with Gasteiger partial charge in [-0.05, 0) is 34.1 Å². The monoisotopic (exact) mass is 305 g/mol. The molecule has 0 aliphatic carbocycles. The molecule has 0 aliphatic heterocycles. The van der Waals surface area contributed by atoms with Crippen LogP contribution >= 0.6 is 27.5 Å². The van der Waals surface area contributed by atoms with Crippen LogP contribution in [0.25, 0.3) is 0 Å². The summed E-state index contributed by atoms with van der Waals surface area (Å²) in [6.07, 6.45) is -0.100. The lowest BCUT2D eigenvalue weighted by atomic mass is 10.2. The molecule has 0 heterocycles. The van der Waals surface area contributed by atoms with E-state index in [1.54, 1.807) is 18.2 Å². The normalized spacial score (nSPS) is 9.88. The highest BCUT2D eigenvalue weighted by atomic mass is 79.9. The van der Waals surface area contributed by atoms with Crippen molar-refractivity contribution in [2.75, 3.05) is 6.54 Å². The van der Waals surface area contributed by atoms with Gasteiger partial charge in [0, 0.05) is 16.0 Å². The van der Waals surface area contributed by atoms with E-state index in [4.69, 9.17) is 16.7 Å². The summed E-state index contributed by atoms with van der Waals surface area (Å²) >= 11 is 8.94. The molecule has 0 spiro atoms. The quantitative estimate of drug-likeness (QED) is 0.897. The van der Waals surface area contributed by atoms with Crippen molar-refractivity contribution < 1.29 is 14.7 Å². The minimum Gasteiger partial charge on any atom is -0.481 e. The van der Waals surface area contributed by atoms with E-state index in [1.165, 1.54) is 0 Å². The third-order valence-electron chi connectivity index (χ3n) is 1.80. The molecule has 1 amide bonds. The van der Waals surface area contributed by atoms with Gasteiger partial charge in [0.25, 0.3) is 5.91 Å². The van der Waals surface area contributed by atoms with Gasteiger partial charge in [0.2, 0.25) is 0 Å². The Labute approximate surface area is 106 Å². The molecule has 86 valence electrons. The Morgan fingerprint density at radius 2 is 2.12 bits per heavy atom. The van der Waals surface area contributed by atoms with Gasteiger partial charge in [0.05, 0.1) is 12.0 Å². The molecule has 16 heavy (non-hydrogen) atoms. The summed E-state index contributed by atoms with van der Waals surface area (Å²) < 4.78 is 0.577. The second-order valence-corrected chi connectivity index (χ2v) is 4.31. The fourth-order valence-electron chi connectivity index (χ4n) is 1.05. The molecule has 0 radical (unpaired) electrons. The highest BCUT2D eigenvalue weighted by Gasteiger charge is 2.10. The number of hydrogen-bond acceptors (Lipinski definition) is 2. The second-order valence-electron chi connectivity index (χ2n) is 3.02. The average Bonchev–Trinajstić information content (AvgIpc) is 2.16. The molecule has 0 fully saturated rings. The predicted octanol–water partition coefficient (Wildman–Crippen LogP) is 2.31.